The van der Waals surface area contributed by atoms with Gasteiger partial charge < -0.3 is 9.47 Å². The summed E-state index contributed by atoms with van der Waals surface area (Å²) in [5, 5.41) is 11.2. The van der Waals surface area contributed by atoms with Crippen molar-refractivity contribution in [2.45, 2.75) is 12.3 Å². The smallest absolute Gasteiger partial charge is 0.338 e. The average molecular weight is 318 g/mol. The molecule has 7 heteroatoms. The fourth-order valence-corrected chi connectivity index (χ4v) is 1.89. The van der Waals surface area contributed by atoms with Gasteiger partial charge in [0.15, 0.2) is 5.75 Å². The largest absolute Gasteiger partial charge is 0.490 e. The number of esters is 1. The second-order valence-electron chi connectivity index (χ2n) is 3.29. The molecule has 1 rings (SSSR count). The van der Waals surface area contributed by atoms with Crippen molar-refractivity contribution in [1.29, 1.82) is 0 Å². The molecule has 0 radical (unpaired) electrons. The number of rotatable bonds is 5. The fraction of sp³-hybridized carbons (Fsp3) is 0.364. The third-order valence-corrected chi connectivity index (χ3v) is 2.84. The van der Waals surface area contributed by atoms with E-state index < -0.39 is 10.9 Å². The molecule has 1 aromatic carbocycles. The SMILES string of the molecule is CCOC(=O)c1cc([N+](=O)[O-])c(OC)cc1CBr. The van der Waals surface area contributed by atoms with Crippen LogP contribution in [0.5, 0.6) is 5.75 Å². The summed E-state index contributed by atoms with van der Waals surface area (Å²) < 4.78 is 9.78. The third-order valence-electron chi connectivity index (χ3n) is 2.24. The van der Waals surface area contributed by atoms with Crippen LogP contribution in [-0.4, -0.2) is 24.6 Å². The molecule has 0 aliphatic heterocycles. The number of hydrogen-bond acceptors (Lipinski definition) is 5. The normalized spacial score (nSPS) is 9.94. The van der Waals surface area contributed by atoms with Gasteiger partial charge in [0.2, 0.25) is 0 Å². The standard InChI is InChI=1S/C11H12BrNO5/c1-3-18-11(14)8-5-9(13(15)16)10(17-2)4-7(8)6-12/h4-5H,3,6H2,1-2H3. The maximum absolute atomic E-state index is 11.7. The Balaban J connectivity index is 3.36. The van der Waals surface area contributed by atoms with E-state index in [2.05, 4.69) is 15.9 Å². The van der Waals surface area contributed by atoms with Gasteiger partial charge in [-0.05, 0) is 18.6 Å². The van der Waals surface area contributed by atoms with E-state index in [-0.39, 0.29) is 23.6 Å². The fourth-order valence-electron chi connectivity index (χ4n) is 1.43. The lowest BCUT2D eigenvalue weighted by Crippen LogP contribution is -2.09. The van der Waals surface area contributed by atoms with Gasteiger partial charge in [0.1, 0.15) is 0 Å². The predicted octanol–water partition coefficient (Wildman–Crippen LogP) is 2.68. The van der Waals surface area contributed by atoms with Gasteiger partial charge in [0, 0.05) is 11.4 Å². The Morgan fingerprint density at radius 3 is 2.61 bits per heavy atom. The van der Waals surface area contributed by atoms with Crippen molar-refractivity contribution in [1.82, 2.24) is 0 Å². The van der Waals surface area contributed by atoms with Gasteiger partial charge in [-0.2, -0.15) is 0 Å². The summed E-state index contributed by atoms with van der Waals surface area (Å²) in [6.07, 6.45) is 0. The minimum atomic E-state index is -0.598. The van der Waals surface area contributed by atoms with Gasteiger partial charge in [-0.1, -0.05) is 15.9 Å². The van der Waals surface area contributed by atoms with Gasteiger partial charge in [0.05, 0.1) is 24.2 Å². The van der Waals surface area contributed by atoms with Crippen LogP contribution in [0.3, 0.4) is 0 Å². The Morgan fingerprint density at radius 2 is 2.17 bits per heavy atom. The van der Waals surface area contributed by atoms with Crippen LogP contribution in [0.2, 0.25) is 0 Å². The first kappa shape index (κ1) is 14.4. The molecule has 1 aromatic rings. The number of carbonyl (C=O) groups is 1. The minimum Gasteiger partial charge on any atom is -0.490 e. The van der Waals surface area contributed by atoms with E-state index in [1.165, 1.54) is 19.2 Å². The van der Waals surface area contributed by atoms with Gasteiger partial charge in [-0.3, -0.25) is 10.1 Å². The quantitative estimate of drug-likeness (QED) is 0.361. The Kier molecular flexibility index (Phi) is 5.08. The third kappa shape index (κ3) is 2.98. The zero-order chi connectivity index (χ0) is 13.7. The van der Waals surface area contributed by atoms with Crippen molar-refractivity contribution in [3.63, 3.8) is 0 Å². The highest BCUT2D eigenvalue weighted by molar-refractivity contribution is 9.08. The predicted molar refractivity (Wildman–Crippen MR) is 68.2 cm³/mol. The molecular weight excluding hydrogens is 306 g/mol. The number of ether oxygens (including phenoxy) is 2. The summed E-state index contributed by atoms with van der Waals surface area (Å²) >= 11 is 3.22. The van der Waals surface area contributed by atoms with E-state index in [1.807, 2.05) is 0 Å². The second kappa shape index (κ2) is 6.34. The molecule has 18 heavy (non-hydrogen) atoms. The van der Waals surface area contributed by atoms with Crippen molar-refractivity contribution in [3.8, 4) is 5.75 Å². The lowest BCUT2D eigenvalue weighted by molar-refractivity contribution is -0.385. The van der Waals surface area contributed by atoms with Crippen LogP contribution in [0.25, 0.3) is 0 Å². The van der Waals surface area contributed by atoms with Gasteiger partial charge in [-0.25, -0.2) is 4.79 Å². The van der Waals surface area contributed by atoms with Crippen LogP contribution in [0.15, 0.2) is 12.1 Å². The maximum atomic E-state index is 11.7. The molecule has 0 amide bonds. The first-order valence-corrected chi connectivity index (χ1v) is 6.25. The molecule has 0 N–H and O–H groups in total. The molecule has 0 spiro atoms. The van der Waals surface area contributed by atoms with Gasteiger partial charge in [0.25, 0.3) is 0 Å². The highest BCUT2D eigenvalue weighted by Crippen LogP contribution is 2.31. The highest BCUT2D eigenvalue weighted by atomic mass is 79.9. The Morgan fingerprint density at radius 1 is 1.50 bits per heavy atom. The van der Waals surface area contributed by atoms with Crippen LogP contribution in [-0.2, 0) is 10.1 Å². The monoisotopic (exact) mass is 317 g/mol. The summed E-state index contributed by atoms with van der Waals surface area (Å²) in [5.74, 6) is -0.472. The van der Waals surface area contributed by atoms with Crippen LogP contribution in [0.4, 0.5) is 5.69 Å². The highest BCUT2D eigenvalue weighted by Gasteiger charge is 2.22. The summed E-state index contributed by atoms with van der Waals surface area (Å²) in [6, 6.07) is 2.63. The summed E-state index contributed by atoms with van der Waals surface area (Å²) in [4.78, 5) is 22.0. The van der Waals surface area contributed by atoms with Gasteiger partial charge in [-0.15, -0.1) is 0 Å². The maximum Gasteiger partial charge on any atom is 0.338 e. The summed E-state index contributed by atoms with van der Waals surface area (Å²) in [7, 11) is 1.34. The number of halogens is 1. The van der Waals surface area contributed by atoms with Crippen LogP contribution in [0, 0.1) is 10.1 Å². The number of methoxy groups -OCH3 is 1. The lowest BCUT2D eigenvalue weighted by Gasteiger charge is -2.09. The molecule has 0 bridgehead atoms. The number of nitrogens with zero attached hydrogens (tertiary/aromatic N) is 1. The molecule has 6 nitrogen and oxygen atoms in total. The number of nitro groups is 1. The molecule has 98 valence electrons. The number of carbonyl (C=O) groups excluding carboxylic acids is 1. The van der Waals surface area contributed by atoms with E-state index in [0.29, 0.717) is 10.9 Å². The van der Waals surface area contributed by atoms with Crippen molar-refractivity contribution >= 4 is 27.6 Å². The Bertz CT molecular complexity index is 475. The van der Waals surface area contributed by atoms with E-state index >= 15 is 0 Å². The Labute approximate surface area is 112 Å². The molecule has 0 aliphatic rings. The van der Waals surface area contributed by atoms with Crippen LogP contribution in [0.1, 0.15) is 22.8 Å². The zero-order valence-corrected chi connectivity index (χ0v) is 11.5. The number of hydrogen-bond donors (Lipinski definition) is 0. The molecule has 0 saturated heterocycles. The van der Waals surface area contributed by atoms with Crippen molar-refractivity contribution < 1.29 is 19.2 Å². The molecule has 0 heterocycles. The zero-order valence-electron chi connectivity index (χ0n) is 9.94. The van der Waals surface area contributed by atoms with Crippen LogP contribution >= 0.6 is 15.9 Å². The van der Waals surface area contributed by atoms with E-state index in [1.54, 1.807) is 6.92 Å². The minimum absolute atomic E-state index is 0.113. The topological polar surface area (TPSA) is 78.7 Å². The van der Waals surface area contributed by atoms with Crippen molar-refractivity contribution in [2.24, 2.45) is 0 Å². The van der Waals surface area contributed by atoms with Gasteiger partial charge >= 0.3 is 11.7 Å². The average Bonchev–Trinajstić information content (AvgIpc) is 2.37. The number of nitro benzene ring substituents is 1. The number of alkyl halides is 1. The number of benzene rings is 1. The first-order chi connectivity index (χ1) is 8.54. The van der Waals surface area contributed by atoms with E-state index in [0.717, 1.165) is 0 Å². The lowest BCUT2D eigenvalue weighted by atomic mass is 10.1. The molecule has 0 aromatic heterocycles. The molecule has 0 unspecified atom stereocenters. The summed E-state index contributed by atoms with van der Waals surface area (Å²) in [5.41, 5.74) is 0.488. The molecule has 0 atom stereocenters. The van der Waals surface area contributed by atoms with Crippen molar-refractivity contribution in [2.75, 3.05) is 13.7 Å². The molecule has 0 saturated carbocycles. The van der Waals surface area contributed by atoms with Crippen molar-refractivity contribution in [3.05, 3.63) is 33.4 Å². The second-order valence-corrected chi connectivity index (χ2v) is 3.85. The molecule has 0 aliphatic carbocycles. The summed E-state index contributed by atoms with van der Waals surface area (Å²) in [6.45, 7) is 1.88. The van der Waals surface area contributed by atoms with E-state index in [9.17, 15) is 14.9 Å². The van der Waals surface area contributed by atoms with E-state index in [4.69, 9.17) is 9.47 Å². The Hall–Kier alpha value is -1.63. The molecule has 0 fully saturated rings. The molecular formula is C11H12BrNO5. The van der Waals surface area contributed by atoms with Crippen LogP contribution < -0.4 is 4.74 Å². The first-order valence-electron chi connectivity index (χ1n) is 5.13.